The quantitative estimate of drug-likeness (QED) is 0.294. The molecule has 1 aliphatic heterocycles. The van der Waals surface area contributed by atoms with E-state index in [-0.39, 0.29) is 0 Å². The Bertz CT molecular complexity index is 1260. The minimum Gasteiger partial charge on any atom is -0.495 e. The second kappa shape index (κ2) is 10.2. The maximum atomic E-state index is 5.99. The molecule has 0 radical (unpaired) electrons. The molecule has 5 rings (SSSR count). The van der Waals surface area contributed by atoms with Gasteiger partial charge in [-0.05, 0) is 56.4 Å². The molecule has 1 fully saturated rings. The highest BCUT2D eigenvalue weighted by molar-refractivity contribution is 7.98. The maximum absolute atomic E-state index is 5.99. The van der Waals surface area contributed by atoms with Crippen LogP contribution in [0, 0.1) is 6.92 Å². The number of anilines is 1. The van der Waals surface area contributed by atoms with Crippen molar-refractivity contribution in [2.45, 2.75) is 50.4 Å². The Balaban J connectivity index is 1.42. The standard InChI is InChI=1S/C24H28N6O2S2/c1-4-19-16(2)14-20(34-19)22-26-25-21(32-22)15-33-24-28-27-23(29-12-8-5-9-13-29)30(24)17-10-6-7-11-18(17)31-3/h6-7,10-11,14H,4-5,8-9,12-13,15H2,1-3H3. The van der Waals surface area contributed by atoms with E-state index in [2.05, 4.69) is 49.8 Å². The molecule has 0 atom stereocenters. The molecule has 0 aliphatic carbocycles. The van der Waals surface area contributed by atoms with Gasteiger partial charge in [-0.1, -0.05) is 30.8 Å². The van der Waals surface area contributed by atoms with Gasteiger partial charge >= 0.3 is 0 Å². The number of aromatic nitrogens is 5. The lowest BCUT2D eigenvalue weighted by Crippen LogP contribution is -2.31. The number of para-hydroxylation sites is 2. The van der Waals surface area contributed by atoms with Crippen molar-refractivity contribution in [3.63, 3.8) is 0 Å². The monoisotopic (exact) mass is 496 g/mol. The molecule has 4 heterocycles. The van der Waals surface area contributed by atoms with Crippen molar-refractivity contribution >= 4 is 29.0 Å². The first-order chi connectivity index (χ1) is 16.7. The Hall–Kier alpha value is -2.85. The summed E-state index contributed by atoms with van der Waals surface area (Å²) in [5, 5.41) is 18.4. The van der Waals surface area contributed by atoms with Gasteiger partial charge < -0.3 is 14.1 Å². The van der Waals surface area contributed by atoms with Gasteiger partial charge in [0.1, 0.15) is 5.75 Å². The van der Waals surface area contributed by atoms with Crippen molar-refractivity contribution in [1.82, 2.24) is 25.0 Å². The molecule has 34 heavy (non-hydrogen) atoms. The van der Waals surface area contributed by atoms with Crippen LogP contribution in [-0.4, -0.2) is 45.2 Å². The van der Waals surface area contributed by atoms with E-state index in [9.17, 15) is 0 Å². The first-order valence-electron chi connectivity index (χ1n) is 11.6. The number of aryl methyl sites for hydroxylation is 2. The van der Waals surface area contributed by atoms with E-state index < -0.39 is 0 Å². The van der Waals surface area contributed by atoms with Gasteiger partial charge in [0.15, 0.2) is 5.16 Å². The second-order valence-electron chi connectivity index (χ2n) is 8.20. The first-order valence-corrected chi connectivity index (χ1v) is 13.4. The van der Waals surface area contributed by atoms with E-state index in [1.54, 1.807) is 18.4 Å². The molecule has 8 nitrogen and oxygen atoms in total. The van der Waals surface area contributed by atoms with E-state index in [0.29, 0.717) is 17.5 Å². The fourth-order valence-electron chi connectivity index (χ4n) is 4.19. The van der Waals surface area contributed by atoms with Crippen molar-refractivity contribution in [3.8, 4) is 22.2 Å². The third-order valence-corrected chi connectivity index (χ3v) is 8.21. The van der Waals surface area contributed by atoms with Crippen LogP contribution in [0.1, 0.15) is 42.5 Å². The minimum absolute atomic E-state index is 0.505. The third-order valence-electron chi connectivity index (χ3n) is 5.93. The molecule has 10 heteroatoms. The van der Waals surface area contributed by atoms with E-state index in [0.717, 1.165) is 59.8 Å². The maximum Gasteiger partial charge on any atom is 0.257 e. The Labute approximate surface area is 207 Å². The molecule has 0 bridgehead atoms. The van der Waals surface area contributed by atoms with Gasteiger partial charge in [-0.25, -0.2) is 0 Å². The van der Waals surface area contributed by atoms with Crippen molar-refractivity contribution in [1.29, 1.82) is 0 Å². The fourth-order valence-corrected chi connectivity index (χ4v) is 6.01. The normalized spacial score (nSPS) is 14.0. The zero-order chi connectivity index (χ0) is 23.5. The zero-order valence-electron chi connectivity index (χ0n) is 19.7. The summed E-state index contributed by atoms with van der Waals surface area (Å²) < 4.78 is 13.7. The molecule has 178 valence electrons. The summed E-state index contributed by atoms with van der Waals surface area (Å²) in [6.07, 6.45) is 4.58. The number of thioether (sulfide) groups is 1. The fraction of sp³-hybridized carbons (Fsp3) is 0.417. The highest BCUT2D eigenvalue weighted by Gasteiger charge is 2.24. The molecule has 0 amide bonds. The van der Waals surface area contributed by atoms with Gasteiger partial charge in [-0.3, -0.25) is 4.57 Å². The third kappa shape index (κ3) is 4.56. The number of piperidine rings is 1. The molecule has 0 spiro atoms. The van der Waals surface area contributed by atoms with Gasteiger partial charge in [-0.15, -0.1) is 31.7 Å². The van der Waals surface area contributed by atoms with Crippen molar-refractivity contribution in [2.75, 3.05) is 25.1 Å². The summed E-state index contributed by atoms with van der Waals surface area (Å²) in [5.41, 5.74) is 2.19. The minimum atomic E-state index is 0.505. The Morgan fingerprint density at radius 1 is 1.09 bits per heavy atom. The van der Waals surface area contributed by atoms with Crippen molar-refractivity contribution in [3.05, 3.63) is 46.7 Å². The van der Waals surface area contributed by atoms with Crippen LogP contribution in [-0.2, 0) is 12.2 Å². The average molecular weight is 497 g/mol. The summed E-state index contributed by atoms with van der Waals surface area (Å²) in [5.74, 6) is 3.27. The Morgan fingerprint density at radius 2 is 1.91 bits per heavy atom. The zero-order valence-corrected chi connectivity index (χ0v) is 21.3. The number of ether oxygens (including phenoxy) is 1. The lowest BCUT2D eigenvalue weighted by atomic mass is 10.1. The molecule has 0 saturated carbocycles. The largest absolute Gasteiger partial charge is 0.495 e. The molecule has 1 saturated heterocycles. The number of methoxy groups -OCH3 is 1. The van der Waals surface area contributed by atoms with E-state index in [1.807, 2.05) is 24.3 Å². The number of hydrogen-bond donors (Lipinski definition) is 0. The highest BCUT2D eigenvalue weighted by atomic mass is 32.2. The van der Waals surface area contributed by atoms with Gasteiger partial charge in [0, 0.05) is 18.0 Å². The predicted octanol–water partition coefficient (Wildman–Crippen LogP) is 5.54. The number of rotatable bonds is 8. The Kier molecular flexibility index (Phi) is 6.87. The summed E-state index contributed by atoms with van der Waals surface area (Å²) in [6, 6.07) is 10.1. The molecule has 0 N–H and O–H groups in total. The van der Waals surface area contributed by atoms with Gasteiger partial charge in [0.2, 0.25) is 11.8 Å². The molecular formula is C24H28N6O2S2. The van der Waals surface area contributed by atoms with E-state index >= 15 is 0 Å². The van der Waals surface area contributed by atoms with Gasteiger partial charge in [-0.2, -0.15) is 0 Å². The number of benzene rings is 1. The van der Waals surface area contributed by atoms with Crippen molar-refractivity contribution in [2.24, 2.45) is 0 Å². The topological polar surface area (TPSA) is 82.1 Å². The van der Waals surface area contributed by atoms with E-state index in [4.69, 9.17) is 9.15 Å². The lowest BCUT2D eigenvalue weighted by molar-refractivity contribution is 0.412. The number of nitrogens with zero attached hydrogens (tertiary/aromatic N) is 6. The highest BCUT2D eigenvalue weighted by Crippen LogP contribution is 2.35. The molecule has 1 aliphatic rings. The van der Waals surface area contributed by atoms with Gasteiger partial charge in [0.25, 0.3) is 5.89 Å². The summed E-state index contributed by atoms with van der Waals surface area (Å²) in [6.45, 7) is 6.24. The summed E-state index contributed by atoms with van der Waals surface area (Å²) >= 11 is 3.25. The second-order valence-corrected chi connectivity index (χ2v) is 10.3. The van der Waals surface area contributed by atoms with Gasteiger partial charge in [0.05, 0.1) is 23.4 Å². The number of hydrogen-bond acceptors (Lipinski definition) is 9. The molecule has 4 aromatic rings. The predicted molar refractivity (Wildman–Crippen MR) is 135 cm³/mol. The Morgan fingerprint density at radius 3 is 2.68 bits per heavy atom. The van der Waals surface area contributed by atoms with Crippen LogP contribution < -0.4 is 9.64 Å². The van der Waals surface area contributed by atoms with Crippen LogP contribution in [0.5, 0.6) is 5.75 Å². The summed E-state index contributed by atoms with van der Waals surface area (Å²) in [4.78, 5) is 4.67. The van der Waals surface area contributed by atoms with Crippen molar-refractivity contribution < 1.29 is 9.15 Å². The van der Waals surface area contributed by atoms with Crippen LogP contribution in [0.2, 0.25) is 0 Å². The van der Waals surface area contributed by atoms with Crippen LogP contribution in [0.15, 0.2) is 39.9 Å². The summed E-state index contributed by atoms with van der Waals surface area (Å²) in [7, 11) is 1.69. The molecule has 3 aromatic heterocycles. The molecule has 0 unspecified atom stereocenters. The SMILES string of the molecule is CCc1sc(-c2nnc(CSc3nnc(N4CCCCC4)n3-c3ccccc3OC)o2)cc1C. The molecular weight excluding hydrogens is 468 g/mol. The average Bonchev–Trinajstić information content (AvgIpc) is 3.61. The van der Waals surface area contributed by atoms with Crippen LogP contribution in [0.4, 0.5) is 5.95 Å². The van der Waals surface area contributed by atoms with E-state index in [1.165, 1.54) is 28.6 Å². The molecule has 1 aromatic carbocycles. The van der Waals surface area contributed by atoms with Crippen LogP contribution in [0.25, 0.3) is 16.5 Å². The smallest absolute Gasteiger partial charge is 0.257 e. The van der Waals surface area contributed by atoms with Crippen LogP contribution >= 0.6 is 23.1 Å². The lowest BCUT2D eigenvalue weighted by Gasteiger charge is -2.28. The van der Waals surface area contributed by atoms with Crippen LogP contribution in [0.3, 0.4) is 0 Å². The first kappa shape index (κ1) is 22.9. The number of thiophene rings is 1.